The van der Waals surface area contributed by atoms with Crippen LogP contribution >= 0.6 is 0 Å². The third-order valence-electron chi connectivity index (χ3n) is 8.97. The van der Waals surface area contributed by atoms with Crippen LogP contribution in [0.2, 0.25) is 0 Å². The number of likely N-dealkylation sites (tertiary alicyclic amines) is 1. The molecule has 1 aliphatic carbocycles. The van der Waals surface area contributed by atoms with Crippen molar-refractivity contribution in [2.45, 2.75) is 82.8 Å². The van der Waals surface area contributed by atoms with E-state index in [1.54, 1.807) is 18.1 Å². The monoisotopic (exact) mass is 552 g/mol. The molecule has 3 N–H and O–H groups in total. The lowest BCUT2D eigenvalue weighted by Crippen LogP contribution is -2.51. The number of H-pyrrole nitrogens is 1. The molecule has 216 valence electrons. The quantitative estimate of drug-likeness (QED) is 0.452. The predicted molar refractivity (Wildman–Crippen MR) is 149 cm³/mol. The van der Waals surface area contributed by atoms with Gasteiger partial charge in [0.05, 0.1) is 14.2 Å². The second-order valence-corrected chi connectivity index (χ2v) is 12.4. The molecule has 3 fully saturated rings. The number of esters is 1. The smallest absolute Gasteiger partial charge is 0.328 e. The van der Waals surface area contributed by atoms with Gasteiger partial charge in [-0.2, -0.15) is 0 Å². The highest BCUT2D eigenvalue weighted by molar-refractivity contribution is 6.02. The fourth-order valence-electron chi connectivity index (χ4n) is 7.04. The van der Waals surface area contributed by atoms with Gasteiger partial charge in [-0.1, -0.05) is 25.3 Å². The van der Waals surface area contributed by atoms with Gasteiger partial charge < -0.3 is 30.0 Å². The average molecular weight is 553 g/mol. The number of carbonyl (C=O) groups is 4. The number of methoxy groups -OCH3 is 2. The third-order valence-corrected chi connectivity index (χ3v) is 8.97. The van der Waals surface area contributed by atoms with E-state index < -0.39 is 29.9 Å². The van der Waals surface area contributed by atoms with E-state index in [-0.39, 0.29) is 29.2 Å². The summed E-state index contributed by atoms with van der Waals surface area (Å²) in [6, 6.07) is 5.63. The summed E-state index contributed by atoms with van der Waals surface area (Å²) in [6.45, 7) is 4.35. The van der Waals surface area contributed by atoms with E-state index in [1.165, 1.54) is 7.11 Å². The Hall–Kier alpha value is -3.56. The maximum Gasteiger partial charge on any atom is 0.328 e. The molecule has 2 aromatic rings. The van der Waals surface area contributed by atoms with E-state index in [1.807, 2.05) is 32.0 Å². The zero-order valence-electron chi connectivity index (χ0n) is 23.8. The Morgan fingerprint density at radius 1 is 1.12 bits per heavy atom. The van der Waals surface area contributed by atoms with Crippen molar-refractivity contribution < 1.29 is 28.7 Å². The molecule has 1 aromatic heterocycles. The van der Waals surface area contributed by atoms with Crippen LogP contribution in [-0.4, -0.2) is 72.0 Å². The van der Waals surface area contributed by atoms with Gasteiger partial charge in [-0.3, -0.25) is 14.4 Å². The molecule has 2 saturated heterocycles. The molecule has 1 spiro atoms. The summed E-state index contributed by atoms with van der Waals surface area (Å²) in [4.78, 5) is 58.0. The highest BCUT2D eigenvalue weighted by Gasteiger charge is 2.50. The number of carbonyl (C=O) groups excluding carboxylic acids is 4. The Balaban J connectivity index is 1.40. The zero-order chi connectivity index (χ0) is 28.7. The standard InChI is InChI=1S/C30H40N4O6/c1-29(2)15-18(25(35)33-29)13-22(28(38)40-4)32-26(36)23-16-30(11-6-5-7-12-30)17-34(23)27(37)21-14-19-20(31-21)9-8-10-24(19)39-3/h8-10,14,18,22-23,31H,5-7,11-13,15-17H2,1-4H3,(H,32,36)(H,33,35). The minimum Gasteiger partial charge on any atom is -0.496 e. The summed E-state index contributed by atoms with van der Waals surface area (Å²) in [5.41, 5.74) is 0.658. The molecule has 3 unspecified atom stereocenters. The minimum atomic E-state index is -0.987. The van der Waals surface area contributed by atoms with E-state index >= 15 is 0 Å². The number of amides is 3. The second-order valence-electron chi connectivity index (χ2n) is 12.4. The van der Waals surface area contributed by atoms with Crippen molar-refractivity contribution in [1.29, 1.82) is 0 Å². The number of hydrogen-bond acceptors (Lipinski definition) is 6. The van der Waals surface area contributed by atoms with Crippen LogP contribution in [0.15, 0.2) is 24.3 Å². The van der Waals surface area contributed by atoms with Gasteiger partial charge in [0, 0.05) is 28.9 Å². The first-order chi connectivity index (χ1) is 19.0. The predicted octanol–water partition coefficient (Wildman–Crippen LogP) is 3.30. The van der Waals surface area contributed by atoms with Crippen LogP contribution in [0.4, 0.5) is 0 Å². The lowest BCUT2D eigenvalue weighted by Gasteiger charge is -2.32. The molecule has 3 atom stereocenters. The van der Waals surface area contributed by atoms with Crippen molar-refractivity contribution in [1.82, 2.24) is 20.5 Å². The van der Waals surface area contributed by atoms with Gasteiger partial charge in [0.1, 0.15) is 23.5 Å². The molecule has 5 rings (SSSR count). The lowest BCUT2D eigenvalue weighted by molar-refractivity contribution is -0.146. The number of ether oxygens (including phenoxy) is 2. The number of aromatic amines is 1. The molecule has 1 aromatic carbocycles. The molecule has 10 nitrogen and oxygen atoms in total. The van der Waals surface area contributed by atoms with Crippen LogP contribution < -0.4 is 15.4 Å². The Bertz CT molecular complexity index is 1310. The van der Waals surface area contributed by atoms with Crippen molar-refractivity contribution in [2.24, 2.45) is 11.3 Å². The van der Waals surface area contributed by atoms with Crippen LogP contribution in [0, 0.1) is 11.3 Å². The fraction of sp³-hybridized carbons (Fsp3) is 0.600. The summed E-state index contributed by atoms with van der Waals surface area (Å²) in [5, 5.41) is 6.61. The molecule has 40 heavy (non-hydrogen) atoms. The largest absolute Gasteiger partial charge is 0.496 e. The van der Waals surface area contributed by atoms with Gasteiger partial charge in [0.2, 0.25) is 11.8 Å². The number of nitrogens with one attached hydrogen (secondary N) is 3. The van der Waals surface area contributed by atoms with Crippen LogP contribution in [0.1, 0.15) is 75.7 Å². The van der Waals surface area contributed by atoms with Gasteiger partial charge >= 0.3 is 5.97 Å². The first kappa shape index (κ1) is 28.0. The SMILES string of the molecule is COC(=O)C(CC1CC(C)(C)NC1=O)NC(=O)C1CC2(CCCCC2)CN1C(=O)c1cc2c(OC)cccc2[nH]1. The van der Waals surface area contributed by atoms with Crippen LogP contribution in [0.3, 0.4) is 0 Å². The molecule has 3 amide bonds. The van der Waals surface area contributed by atoms with Gasteiger partial charge in [0.15, 0.2) is 0 Å². The molecule has 3 heterocycles. The first-order valence-corrected chi connectivity index (χ1v) is 14.2. The summed E-state index contributed by atoms with van der Waals surface area (Å²) in [7, 11) is 2.86. The van der Waals surface area contributed by atoms with Crippen molar-refractivity contribution in [3.63, 3.8) is 0 Å². The van der Waals surface area contributed by atoms with Gasteiger partial charge in [-0.15, -0.1) is 0 Å². The molecule has 2 aliphatic heterocycles. The number of benzene rings is 1. The number of rotatable bonds is 7. The third kappa shape index (κ3) is 5.40. The summed E-state index contributed by atoms with van der Waals surface area (Å²) >= 11 is 0. The van der Waals surface area contributed by atoms with Gasteiger partial charge in [-0.25, -0.2) is 4.79 Å². The number of nitrogens with zero attached hydrogens (tertiary/aromatic N) is 1. The van der Waals surface area contributed by atoms with Gasteiger partial charge in [0.25, 0.3) is 5.91 Å². The van der Waals surface area contributed by atoms with Crippen molar-refractivity contribution in [2.75, 3.05) is 20.8 Å². The Labute approximate surface area is 234 Å². The Morgan fingerprint density at radius 3 is 2.52 bits per heavy atom. The van der Waals surface area contributed by atoms with Crippen LogP contribution in [0.25, 0.3) is 10.9 Å². The maximum atomic E-state index is 14.0. The molecular formula is C30H40N4O6. The Kier molecular flexibility index (Phi) is 7.54. The van der Waals surface area contributed by atoms with Gasteiger partial charge in [-0.05, 0) is 69.6 Å². The van der Waals surface area contributed by atoms with Crippen molar-refractivity contribution >= 4 is 34.6 Å². The highest BCUT2D eigenvalue weighted by atomic mass is 16.5. The molecule has 10 heteroatoms. The summed E-state index contributed by atoms with van der Waals surface area (Å²) in [6.07, 6.45) is 6.43. The Morgan fingerprint density at radius 2 is 1.88 bits per heavy atom. The van der Waals surface area contributed by atoms with Crippen molar-refractivity contribution in [3.8, 4) is 5.75 Å². The normalized spacial score (nSPS) is 24.1. The number of hydrogen-bond donors (Lipinski definition) is 3. The minimum absolute atomic E-state index is 0.129. The van der Waals surface area contributed by atoms with E-state index in [0.29, 0.717) is 30.8 Å². The molecule has 0 radical (unpaired) electrons. The fourth-order valence-corrected chi connectivity index (χ4v) is 7.04. The van der Waals surface area contributed by atoms with Crippen molar-refractivity contribution in [3.05, 3.63) is 30.0 Å². The molecule has 0 bridgehead atoms. The summed E-state index contributed by atoms with van der Waals surface area (Å²) in [5.74, 6) is -1.15. The topological polar surface area (TPSA) is 130 Å². The molecular weight excluding hydrogens is 512 g/mol. The van der Waals surface area contributed by atoms with E-state index in [0.717, 1.165) is 43.0 Å². The molecule has 3 aliphatic rings. The summed E-state index contributed by atoms with van der Waals surface area (Å²) < 4.78 is 10.5. The molecule has 1 saturated carbocycles. The van der Waals surface area contributed by atoms with Crippen LogP contribution in [0.5, 0.6) is 5.75 Å². The maximum absolute atomic E-state index is 14.0. The lowest BCUT2D eigenvalue weighted by atomic mass is 9.72. The van der Waals surface area contributed by atoms with E-state index in [2.05, 4.69) is 15.6 Å². The first-order valence-electron chi connectivity index (χ1n) is 14.2. The number of fused-ring (bicyclic) bond motifs is 1. The van der Waals surface area contributed by atoms with E-state index in [9.17, 15) is 19.2 Å². The zero-order valence-corrected chi connectivity index (χ0v) is 23.8. The second kappa shape index (κ2) is 10.8. The number of aromatic nitrogens is 1. The highest BCUT2D eigenvalue weighted by Crippen LogP contribution is 2.47. The van der Waals surface area contributed by atoms with E-state index in [4.69, 9.17) is 9.47 Å². The average Bonchev–Trinajstić information content (AvgIpc) is 3.60. The van der Waals surface area contributed by atoms with Crippen LogP contribution in [-0.2, 0) is 19.1 Å².